The Morgan fingerprint density at radius 1 is 0.950 bits per heavy atom. The fourth-order valence-corrected chi connectivity index (χ4v) is 4.66. The van der Waals surface area contributed by atoms with E-state index in [-0.39, 0.29) is 10.8 Å². The highest BCUT2D eigenvalue weighted by atomic mass is 35.6. The molecule has 0 aliphatic heterocycles. The van der Waals surface area contributed by atoms with Gasteiger partial charge in [0.05, 0.1) is 7.11 Å². The predicted molar refractivity (Wildman–Crippen MR) is 93.4 cm³/mol. The Hall–Kier alpha value is -0.473. The maximum atomic E-state index is 6.75. The highest BCUT2D eigenvalue weighted by molar-refractivity contribution is 7.26. The second-order valence-corrected chi connectivity index (χ2v) is 14.4. The van der Waals surface area contributed by atoms with Crippen LogP contribution in [0.1, 0.15) is 52.7 Å². The van der Waals surface area contributed by atoms with Gasteiger partial charge in [0.2, 0.25) is 0 Å². The lowest BCUT2D eigenvalue weighted by Crippen LogP contribution is -2.42. The first-order valence-corrected chi connectivity index (χ1v) is 11.2. The van der Waals surface area contributed by atoms with Gasteiger partial charge in [-0.05, 0) is 21.6 Å². The summed E-state index contributed by atoms with van der Waals surface area (Å²) in [7, 11) is -0.155. The summed E-state index contributed by atoms with van der Waals surface area (Å²) in [6, 6.07) is 4.42. The van der Waals surface area contributed by atoms with Crippen molar-refractivity contribution in [1.82, 2.24) is 0 Å². The van der Waals surface area contributed by atoms with Gasteiger partial charge in [0, 0.05) is 5.56 Å². The summed E-state index contributed by atoms with van der Waals surface area (Å²) in [6.45, 7) is 17.7. The van der Waals surface area contributed by atoms with Crippen molar-refractivity contribution in [2.24, 2.45) is 0 Å². The highest BCUT2D eigenvalue weighted by Gasteiger charge is 2.34. The van der Waals surface area contributed by atoms with E-state index in [0.717, 1.165) is 5.75 Å². The minimum atomic E-state index is -1.93. The van der Waals surface area contributed by atoms with E-state index in [1.54, 1.807) is 7.11 Å². The van der Waals surface area contributed by atoms with E-state index in [2.05, 4.69) is 66.8 Å². The maximum Gasteiger partial charge on any atom is 0.181 e. The molecule has 0 fully saturated rings. The SMILES string of the molecule is COc1c(C(C)(C)C)ccc([Si](C)(C)Cl)c1C(C)(C)C. The lowest BCUT2D eigenvalue weighted by molar-refractivity contribution is 0.382. The summed E-state index contributed by atoms with van der Waals surface area (Å²) >= 11 is 6.75. The Balaban J connectivity index is 3.79. The zero-order valence-corrected chi connectivity index (χ0v) is 16.2. The van der Waals surface area contributed by atoms with Gasteiger partial charge < -0.3 is 4.74 Å². The normalized spacial score (nSPS) is 13.5. The molecule has 1 rings (SSSR count). The average molecular weight is 313 g/mol. The van der Waals surface area contributed by atoms with Gasteiger partial charge in [0.1, 0.15) is 5.75 Å². The molecule has 1 aromatic rings. The van der Waals surface area contributed by atoms with E-state index in [9.17, 15) is 0 Å². The zero-order valence-electron chi connectivity index (χ0n) is 14.4. The van der Waals surface area contributed by atoms with Crippen molar-refractivity contribution in [2.45, 2.75) is 65.5 Å². The van der Waals surface area contributed by atoms with Crippen molar-refractivity contribution in [3.63, 3.8) is 0 Å². The first-order chi connectivity index (χ1) is 8.80. The van der Waals surface area contributed by atoms with E-state index in [1.165, 1.54) is 16.3 Å². The number of hydrogen-bond acceptors (Lipinski definition) is 1. The van der Waals surface area contributed by atoms with Crippen molar-refractivity contribution >= 4 is 23.6 Å². The minimum Gasteiger partial charge on any atom is -0.496 e. The van der Waals surface area contributed by atoms with Crippen molar-refractivity contribution in [3.05, 3.63) is 23.3 Å². The topological polar surface area (TPSA) is 9.23 Å². The molecule has 0 radical (unpaired) electrons. The molecule has 114 valence electrons. The molecule has 1 aromatic carbocycles. The Labute approximate surface area is 130 Å². The number of rotatable bonds is 2. The zero-order chi connectivity index (χ0) is 15.9. The van der Waals surface area contributed by atoms with Crippen molar-refractivity contribution in [2.75, 3.05) is 7.11 Å². The Kier molecular flexibility index (Phi) is 4.73. The fraction of sp³-hybridized carbons (Fsp3) is 0.647. The molecule has 0 bridgehead atoms. The van der Waals surface area contributed by atoms with Gasteiger partial charge in [-0.3, -0.25) is 0 Å². The van der Waals surface area contributed by atoms with Gasteiger partial charge >= 0.3 is 0 Å². The first kappa shape index (κ1) is 17.6. The Morgan fingerprint density at radius 3 is 1.75 bits per heavy atom. The van der Waals surface area contributed by atoms with Crippen molar-refractivity contribution in [1.29, 1.82) is 0 Å². The summed E-state index contributed by atoms with van der Waals surface area (Å²) in [5.74, 6) is 1.02. The van der Waals surface area contributed by atoms with Gasteiger partial charge in [-0.1, -0.05) is 66.8 Å². The van der Waals surface area contributed by atoms with Crippen molar-refractivity contribution < 1.29 is 4.74 Å². The summed E-state index contributed by atoms with van der Waals surface area (Å²) < 4.78 is 5.83. The standard InChI is InChI=1S/C17H29ClOSi/c1-16(2,3)12-10-11-13(20(8,9)18)14(15(12)19-7)17(4,5)6/h10-11H,1-9H3. The second kappa shape index (κ2) is 5.38. The molecule has 0 N–H and O–H groups in total. The molecule has 3 heteroatoms. The molecule has 0 heterocycles. The van der Waals surface area contributed by atoms with Crippen LogP contribution in [0.5, 0.6) is 5.75 Å². The third-order valence-corrected chi connectivity index (χ3v) is 5.87. The molecule has 0 saturated heterocycles. The van der Waals surface area contributed by atoms with Gasteiger partial charge in [-0.25, -0.2) is 0 Å². The minimum absolute atomic E-state index is 0.0150. The summed E-state index contributed by atoms with van der Waals surface area (Å²) in [4.78, 5) is 0. The molecule has 0 saturated carbocycles. The van der Waals surface area contributed by atoms with E-state index >= 15 is 0 Å². The van der Waals surface area contributed by atoms with E-state index in [0.29, 0.717) is 0 Å². The van der Waals surface area contributed by atoms with Crippen molar-refractivity contribution in [3.8, 4) is 5.75 Å². The molecule has 0 amide bonds. The number of ether oxygens (including phenoxy) is 1. The predicted octanol–water partition coefficient (Wildman–Crippen LogP) is 4.94. The molecular formula is C17H29ClOSi. The quantitative estimate of drug-likeness (QED) is 0.555. The van der Waals surface area contributed by atoms with Crippen LogP contribution in [-0.2, 0) is 10.8 Å². The molecule has 0 aliphatic carbocycles. The number of benzene rings is 1. The fourth-order valence-electron chi connectivity index (χ4n) is 2.63. The Morgan fingerprint density at radius 2 is 1.45 bits per heavy atom. The highest BCUT2D eigenvalue weighted by Crippen LogP contribution is 2.39. The molecule has 0 aromatic heterocycles. The Bertz CT molecular complexity index is 487. The summed E-state index contributed by atoms with van der Waals surface area (Å²) in [5.41, 5.74) is 2.60. The maximum absolute atomic E-state index is 6.75. The largest absolute Gasteiger partial charge is 0.496 e. The first-order valence-electron chi connectivity index (χ1n) is 7.21. The average Bonchev–Trinajstić information content (AvgIpc) is 2.23. The van der Waals surface area contributed by atoms with Crippen LogP contribution in [0.15, 0.2) is 12.1 Å². The summed E-state index contributed by atoms with van der Waals surface area (Å²) in [5, 5.41) is 1.29. The van der Waals surface area contributed by atoms with Crippen LogP contribution in [0.25, 0.3) is 0 Å². The van der Waals surface area contributed by atoms with Crippen LogP contribution in [0.4, 0.5) is 0 Å². The van der Waals surface area contributed by atoms with Gasteiger partial charge in [0.15, 0.2) is 7.38 Å². The summed E-state index contributed by atoms with van der Waals surface area (Å²) in [6.07, 6.45) is 0. The van der Waals surface area contributed by atoms with Crippen LogP contribution in [-0.4, -0.2) is 14.5 Å². The molecule has 20 heavy (non-hydrogen) atoms. The van der Waals surface area contributed by atoms with Crippen LogP contribution < -0.4 is 9.92 Å². The number of hydrogen-bond donors (Lipinski definition) is 0. The second-order valence-electron chi connectivity index (χ2n) is 8.04. The molecule has 0 unspecified atom stereocenters. The molecule has 0 spiro atoms. The third-order valence-electron chi connectivity index (χ3n) is 3.56. The smallest absolute Gasteiger partial charge is 0.181 e. The molecule has 0 aliphatic rings. The van der Waals surface area contributed by atoms with E-state index in [4.69, 9.17) is 15.8 Å². The van der Waals surface area contributed by atoms with E-state index in [1.807, 2.05) is 0 Å². The molecular weight excluding hydrogens is 284 g/mol. The lowest BCUT2D eigenvalue weighted by atomic mass is 9.79. The monoisotopic (exact) mass is 312 g/mol. The van der Waals surface area contributed by atoms with Crippen LogP contribution in [0, 0.1) is 0 Å². The van der Waals surface area contributed by atoms with Crippen LogP contribution in [0.2, 0.25) is 13.1 Å². The van der Waals surface area contributed by atoms with Gasteiger partial charge in [0.25, 0.3) is 0 Å². The van der Waals surface area contributed by atoms with Crippen LogP contribution >= 0.6 is 11.1 Å². The number of methoxy groups -OCH3 is 1. The lowest BCUT2D eigenvalue weighted by Gasteiger charge is -2.33. The van der Waals surface area contributed by atoms with Gasteiger partial charge in [-0.2, -0.15) is 11.1 Å². The van der Waals surface area contributed by atoms with Crippen LogP contribution in [0.3, 0.4) is 0 Å². The number of halogens is 1. The molecule has 0 atom stereocenters. The van der Waals surface area contributed by atoms with E-state index < -0.39 is 7.38 Å². The third kappa shape index (κ3) is 3.59. The van der Waals surface area contributed by atoms with Gasteiger partial charge in [-0.15, -0.1) is 0 Å². The molecule has 1 nitrogen and oxygen atoms in total.